The third-order valence-electron chi connectivity index (χ3n) is 3.43. The molecule has 1 fully saturated rings. The van der Waals surface area contributed by atoms with Gasteiger partial charge in [0.1, 0.15) is 5.69 Å². The van der Waals surface area contributed by atoms with E-state index in [0.717, 1.165) is 31.7 Å². The van der Waals surface area contributed by atoms with E-state index in [0.29, 0.717) is 0 Å². The van der Waals surface area contributed by atoms with Gasteiger partial charge in [-0.2, -0.15) is 0 Å². The van der Waals surface area contributed by atoms with Gasteiger partial charge >= 0.3 is 5.97 Å². The number of benzene rings is 1. The molecule has 20 heavy (non-hydrogen) atoms. The fraction of sp³-hybridized carbons (Fsp3) is 0.385. The molecule has 0 heterocycles. The van der Waals surface area contributed by atoms with Gasteiger partial charge in [0.05, 0.1) is 10.5 Å². The molecule has 0 aliphatic heterocycles. The number of carboxylic acid groups (broad SMARTS) is 1. The minimum atomic E-state index is -1.25. The fourth-order valence-electron chi connectivity index (χ4n) is 2.34. The van der Waals surface area contributed by atoms with Crippen molar-refractivity contribution >= 4 is 23.3 Å². The van der Waals surface area contributed by atoms with Crippen molar-refractivity contribution in [3.05, 3.63) is 33.9 Å². The summed E-state index contributed by atoms with van der Waals surface area (Å²) in [7, 11) is 0. The lowest BCUT2D eigenvalue weighted by Gasteiger charge is -2.10. The van der Waals surface area contributed by atoms with E-state index < -0.39 is 16.6 Å². The van der Waals surface area contributed by atoms with E-state index >= 15 is 0 Å². The summed E-state index contributed by atoms with van der Waals surface area (Å²) in [5.74, 6) is -1.61. The van der Waals surface area contributed by atoms with Gasteiger partial charge in [0.2, 0.25) is 5.91 Å². The Hall–Kier alpha value is -2.44. The third-order valence-corrected chi connectivity index (χ3v) is 3.43. The van der Waals surface area contributed by atoms with Crippen LogP contribution in [0.15, 0.2) is 18.2 Å². The average Bonchev–Trinajstić information content (AvgIpc) is 2.92. The van der Waals surface area contributed by atoms with Crippen molar-refractivity contribution in [3.8, 4) is 0 Å². The van der Waals surface area contributed by atoms with Gasteiger partial charge in [-0.25, -0.2) is 4.79 Å². The number of rotatable bonds is 4. The SMILES string of the molecule is O=C(O)c1ccc(NC(=O)C2CCCC2)c([N+](=O)[O-])c1. The molecule has 1 aromatic rings. The molecule has 2 rings (SSSR count). The molecule has 106 valence electrons. The zero-order chi connectivity index (χ0) is 14.7. The molecule has 1 aromatic carbocycles. The summed E-state index contributed by atoms with van der Waals surface area (Å²) in [6.45, 7) is 0. The topological polar surface area (TPSA) is 110 Å². The first-order valence-corrected chi connectivity index (χ1v) is 6.31. The highest BCUT2D eigenvalue weighted by atomic mass is 16.6. The number of nitro benzene ring substituents is 1. The molecule has 0 radical (unpaired) electrons. The molecule has 1 aliphatic carbocycles. The number of nitro groups is 1. The van der Waals surface area contributed by atoms with E-state index in [1.807, 2.05) is 0 Å². The number of hydrogen-bond donors (Lipinski definition) is 2. The fourth-order valence-corrected chi connectivity index (χ4v) is 2.34. The zero-order valence-electron chi connectivity index (χ0n) is 10.7. The number of aromatic carboxylic acids is 1. The third kappa shape index (κ3) is 2.93. The van der Waals surface area contributed by atoms with Crippen LogP contribution in [-0.4, -0.2) is 21.9 Å². The molecule has 0 atom stereocenters. The number of nitrogens with one attached hydrogen (secondary N) is 1. The van der Waals surface area contributed by atoms with Gasteiger partial charge in [0, 0.05) is 12.0 Å². The van der Waals surface area contributed by atoms with Gasteiger partial charge in [-0.1, -0.05) is 12.8 Å². The monoisotopic (exact) mass is 278 g/mol. The van der Waals surface area contributed by atoms with Crippen LogP contribution in [0.4, 0.5) is 11.4 Å². The number of nitrogens with zero attached hydrogens (tertiary/aromatic N) is 1. The van der Waals surface area contributed by atoms with Gasteiger partial charge in [-0.15, -0.1) is 0 Å². The molecule has 2 N–H and O–H groups in total. The Labute approximate surface area is 114 Å². The van der Waals surface area contributed by atoms with Crippen LogP contribution in [0.3, 0.4) is 0 Å². The largest absolute Gasteiger partial charge is 0.478 e. The van der Waals surface area contributed by atoms with Crippen LogP contribution in [0.2, 0.25) is 0 Å². The maximum Gasteiger partial charge on any atom is 0.335 e. The second kappa shape index (κ2) is 5.68. The maximum atomic E-state index is 12.0. The molecule has 0 unspecified atom stereocenters. The van der Waals surface area contributed by atoms with Gasteiger partial charge < -0.3 is 10.4 Å². The lowest BCUT2D eigenvalue weighted by Crippen LogP contribution is -2.21. The van der Waals surface area contributed by atoms with Crippen LogP contribution in [0.5, 0.6) is 0 Å². The summed E-state index contributed by atoms with van der Waals surface area (Å²) in [5.41, 5.74) is -0.552. The maximum absolute atomic E-state index is 12.0. The number of amides is 1. The van der Waals surface area contributed by atoms with Gasteiger partial charge in [-0.05, 0) is 25.0 Å². The van der Waals surface area contributed by atoms with Crippen molar-refractivity contribution < 1.29 is 19.6 Å². The first-order valence-electron chi connectivity index (χ1n) is 6.31. The molecule has 0 aromatic heterocycles. The van der Waals surface area contributed by atoms with E-state index in [-0.39, 0.29) is 23.1 Å². The summed E-state index contributed by atoms with van der Waals surface area (Å²) in [5, 5.41) is 22.3. The summed E-state index contributed by atoms with van der Waals surface area (Å²) >= 11 is 0. The first kappa shape index (κ1) is 14.0. The predicted molar refractivity (Wildman–Crippen MR) is 70.6 cm³/mol. The normalized spacial score (nSPS) is 15.0. The van der Waals surface area contributed by atoms with Gasteiger partial charge in [0.15, 0.2) is 0 Å². The zero-order valence-corrected chi connectivity index (χ0v) is 10.7. The highest BCUT2D eigenvalue weighted by Crippen LogP contribution is 2.29. The van der Waals surface area contributed by atoms with Gasteiger partial charge in [-0.3, -0.25) is 14.9 Å². The van der Waals surface area contributed by atoms with Crippen LogP contribution in [0.1, 0.15) is 36.0 Å². The molecule has 0 saturated heterocycles. The van der Waals surface area contributed by atoms with Crippen LogP contribution >= 0.6 is 0 Å². The van der Waals surface area contributed by atoms with Crippen LogP contribution < -0.4 is 5.32 Å². The summed E-state index contributed by atoms with van der Waals surface area (Å²) < 4.78 is 0. The second-order valence-electron chi connectivity index (χ2n) is 4.76. The van der Waals surface area contributed by atoms with Crippen molar-refractivity contribution in [3.63, 3.8) is 0 Å². The van der Waals surface area contributed by atoms with Crippen LogP contribution in [0, 0.1) is 16.0 Å². The molecule has 1 aliphatic rings. The molecule has 1 saturated carbocycles. The minimum absolute atomic E-state index is 0.0388. The van der Waals surface area contributed by atoms with Crippen molar-refractivity contribution in [2.75, 3.05) is 5.32 Å². The van der Waals surface area contributed by atoms with E-state index in [9.17, 15) is 19.7 Å². The Balaban J connectivity index is 2.24. The predicted octanol–water partition coefficient (Wildman–Crippen LogP) is 2.42. The number of hydrogen-bond acceptors (Lipinski definition) is 4. The van der Waals surface area contributed by atoms with Crippen molar-refractivity contribution in [1.29, 1.82) is 0 Å². The number of carbonyl (C=O) groups is 2. The van der Waals surface area contributed by atoms with Crippen molar-refractivity contribution in [2.45, 2.75) is 25.7 Å². The molecule has 7 nitrogen and oxygen atoms in total. The standard InChI is InChI=1S/C13H14N2O5/c16-12(8-3-1-2-4-8)14-10-6-5-9(13(17)18)7-11(10)15(19)20/h5-8H,1-4H2,(H,14,16)(H,17,18). The lowest BCUT2D eigenvalue weighted by molar-refractivity contribution is -0.384. The lowest BCUT2D eigenvalue weighted by atomic mass is 10.1. The quantitative estimate of drug-likeness (QED) is 0.649. The van der Waals surface area contributed by atoms with E-state index in [1.54, 1.807) is 0 Å². The average molecular weight is 278 g/mol. The Morgan fingerprint density at radius 1 is 1.30 bits per heavy atom. The van der Waals surface area contributed by atoms with Crippen LogP contribution in [0.25, 0.3) is 0 Å². The van der Waals surface area contributed by atoms with Gasteiger partial charge in [0.25, 0.3) is 5.69 Å². The number of anilines is 1. The number of carbonyl (C=O) groups excluding carboxylic acids is 1. The summed E-state index contributed by atoms with van der Waals surface area (Å²) in [6.07, 6.45) is 3.54. The molecule has 1 amide bonds. The summed E-state index contributed by atoms with van der Waals surface area (Å²) in [6, 6.07) is 3.45. The van der Waals surface area contributed by atoms with E-state index in [1.165, 1.54) is 12.1 Å². The smallest absolute Gasteiger partial charge is 0.335 e. The molecule has 0 spiro atoms. The van der Waals surface area contributed by atoms with Crippen LogP contribution in [-0.2, 0) is 4.79 Å². The molecule has 0 bridgehead atoms. The Morgan fingerprint density at radius 3 is 2.50 bits per heavy atom. The summed E-state index contributed by atoms with van der Waals surface area (Å²) in [4.78, 5) is 33.0. The minimum Gasteiger partial charge on any atom is -0.478 e. The molecular formula is C13H14N2O5. The number of carboxylic acids is 1. The molecule has 7 heteroatoms. The van der Waals surface area contributed by atoms with E-state index in [4.69, 9.17) is 5.11 Å². The highest BCUT2D eigenvalue weighted by molar-refractivity contribution is 5.96. The molecular weight excluding hydrogens is 264 g/mol. The first-order chi connectivity index (χ1) is 9.49. The highest BCUT2D eigenvalue weighted by Gasteiger charge is 2.25. The second-order valence-corrected chi connectivity index (χ2v) is 4.76. The van der Waals surface area contributed by atoms with E-state index in [2.05, 4.69) is 5.32 Å². The Morgan fingerprint density at radius 2 is 1.95 bits per heavy atom. The Kier molecular flexibility index (Phi) is 3.97. The van der Waals surface area contributed by atoms with Crippen molar-refractivity contribution in [1.82, 2.24) is 0 Å². The Bertz CT molecular complexity index is 564. The van der Waals surface area contributed by atoms with Crippen molar-refractivity contribution in [2.24, 2.45) is 5.92 Å².